The summed E-state index contributed by atoms with van der Waals surface area (Å²) in [5, 5.41) is 10.3. The number of halogens is 2. The maximum Gasteiger partial charge on any atom is 0.271 e. The Bertz CT molecular complexity index is 1050. The molecule has 2 aromatic carbocycles. The Morgan fingerprint density at radius 1 is 1.00 bits per heavy atom. The molecular formula is C33H44F2O4. The Labute approximate surface area is 232 Å². The Morgan fingerprint density at radius 2 is 1.72 bits per heavy atom. The minimum atomic E-state index is -2.93. The number of hydrogen-bond donors (Lipinski definition) is 1. The summed E-state index contributed by atoms with van der Waals surface area (Å²) in [6, 6.07) is 11.2. The van der Waals surface area contributed by atoms with E-state index in [0.717, 1.165) is 30.4 Å². The third-order valence-electron chi connectivity index (χ3n) is 8.78. The first-order valence-electron chi connectivity index (χ1n) is 14.9. The van der Waals surface area contributed by atoms with Crippen LogP contribution in [0.4, 0.5) is 8.78 Å². The monoisotopic (exact) mass is 542 g/mol. The number of Topliss-reactive ketones (excluding diaryl/α,β-unsaturated/α-hetero) is 1. The van der Waals surface area contributed by atoms with Crippen molar-refractivity contribution >= 4 is 5.78 Å². The lowest BCUT2D eigenvalue weighted by molar-refractivity contribution is -0.0404. The van der Waals surface area contributed by atoms with Crippen molar-refractivity contribution in [1.29, 1.82) is 0 Å². The molecule has 0 aromatic heterocycles. The van der Waals surface area contributed by atoms with Crippen LogP contribution in [0, 0.1) is 17.8 Å². The minimum Gasteiger partial charge on any atom is -0.507 e. The zero-order valence-electron chi connectivity index (χ0n) is 23.5. The Morgan fingerprint density at radius 3 is 2.33 bits per heavy atom. The van der Waals surface area contributed by atoms with Crippen LogP contribution in [0.3, 0.4) is 0 Å². The van der Waals surface area contributed by atoms with Gasteiger partial charge in [0.15, 0.2) is 5.78 Å². The lowest BCUT2D eigenvalue weighted by Gasteiger charge is -2.38. The van der Waals surface area contributed by atoms with Gasteiger partial charge in [0, 0.05) is 6.42 Å². The van der Waals surface area contributed by atoms with E-state index in [0.29, 0.717) is 18.8 Å². The number of benzene rings is 2. The molecule has 1 saturated heterocycles. The second kappa shape index (κ2) is 14.2. The summed E-state index contributed by atoms with van der Waals surface area (Å²) in [7, 11) is 0. The Balaban J connectivity index is 1.23. The SMILES string of the molecule is CCCC1CCC(C2CCC(c3ccc(CCCC(=O)c4ccc(OCC)c(C(F)F)c4O)cc3)OC2)CC1. The zero-order valence-corrected chi connectivity index (χ0v) is 23.5. The van der Waals surface area contributed by atoms with Gasteiger partial charge >= 0.3 is 0 Å². The molecule has 1 saturated carbocycles. The van der Waals surface area contributed by atoms with Gasteiger partial charge in [-0.2, -0.15) is 0 Å². The average Bonchev–Trinajstić information content (AvgIpc) is 2.94. The van der Waals surface area contributed by atoms with Gasteiger partial charge in [-0.25, -0.2) is 8.78 Å². The molecule has 39 heavy (non-hydrogen) atoms. The summed E-state index contributed by atoms with van der Waals surface area (Å²) >= 11 is 0. The van der Waals surface area contributed by atoms with E-state index in [1.165, 1.54) is 62.6 Å². The lowest BCUT2D eigenvalue weighted by atomic mass is 9.73. The van der Waals surface area contributed by atoms with Gasteiger partial charge in [-0.15, -0.1) is 0 Å². The predicted molar refractivity (Wildman–Crippen MR) is 150 cm³/mol. The smallest absolute Gasteiger partial charge is 0.271 e. The van der Waals surface area contributed by atoms with Crippen LogP contribution in [-0.4, -0.2) is 24.1 Å². The van der Waals surface area contributed by atoms with E-state index >= 15 is 0 Å². The summed E-state index contributed by atoms with van der Waals surface area (Å²) < 4.78 is 38.5. The highest BCUT2D eigenvalue weighted by atomic mass is 19.3. The topological polar surface area (TPSA) is 55.8 Å². The van der Waals surface area contributed by atoms with Crippen molar-refractivity contribution in [3.8, 4) is 11.5 Å². The Kier molecular flexibility index (Phi) is 10.8. The number of rotatable bonds is 12. The number of phenols is 1. The number of carbonyl (C=O) groups excluding carboxylic acids is 1. The molecule has 0 amide bonds. The second-order valence-corrected chi connectivity index (χ2v) is 11.4. The summed E-state index contributed by atoms with van der Waals surface area (Å²) in [5.41, 5.74) is 1.63. The summed E-state index contributed by atoms with van der Waals surface area (Å²) in [6.45, 7) is 5.03. The maximum absolute atomic E-state index is 13.5. The van der Waals surface area contributed by atoms with Crippen LogP contribution in [0.5, 0.6) is 11.5 Å². The zero-order chi connectivity index (χ0) is 27.8. The summed E-state index contributed by atoms with van der Waals surface area (Å²) in [6.07, 6.45) is 9.17. The van der Waals surface area contributed by atoms with Crippen molar-refractivity contribution < 1.29 is 28.2 Å². The molecule has 6 heteroatoms. The Hall–Kier alpha value is -2.47. The number of aromatic hydroxyl groups is 1. The number of ketones is 1. The van der Waals surface area contributed by atoms with Gasteiger partial charge in [0.1, 0.15) is 17.1 Å². The average molecular weight is 543 g/mol. The molecule has 1 aliphatic heterocycles. The van der Waals surface area contributed by atoms with E-state index in [9.17, 15) is 18.7 Å². The fourth-order valence-electron chi connectivity index (χ4n) is 6.56. The van der Waals surface area contributed by atoms with Crippen molar-refractivity contribution in [2.45, 2.75) is 97.0 Å². The van der Waals surface area contributed by atoms with Gasteiger partial charge in [-0.3, -0.25) is 4.79 Å². The quantitative estimate of drug-likeness (QED) is 0.272. The van der Waals surface area contributed by atoms with Crippen LogP contribution in [0.2, 0.25) is 0 Å². The van der Waals surface area contributed by atoms with E-state index in [-0.39, 0.29) is 36.2 Å². The van der Waals surface area contributed by atoms with Crippen LogP contribution in [0.25, 0.3) is 0 Å². The first kappa shape index (κ1) is 29.5. The van der Waals surface area contributed by atoms with Gasteiger partial charge in [0.2, 0.25) is 0 Å². The van der Waals surface area contributed by atoms with Gasteiger partial charge < -0.3 is 14.6 Å². The maximum atomic E-state index is 13.5. The molecule has 2 unspecified atom stereocenters. The number of ether oxygens (including phenoxy) is 2. The third kappa shape index (κ3) is 7.59. The highest BCUT2D eigenvalue weighted by Crippen LogP contribution is 2.42. The fraction of sp³-hybridized carbons (Fsp3) is 0.606. The van der Waals surface area contributed by atoms with E-state index in [4.69, 9.17) is 9.47 Å². The molecule has 4 nitrogen and oxygen atoms in total. The molecule has 1 heterocycles. The van der Waals surface area contributed by atoms with Crippen molar-refractivity contribution in [2.24, 2.45) is 17.8 Å². The number of carbonyl (C=O) groups is 1. The molecule has 2 fully saturated rings. The van der Waals surface area contributed by atoms with Gasteiger partial charge in [-0.1, -0.05) is 56.9 Å². The normalized spacial score (nSPS) is 23.6. The highest BCUT2D eigenvalue weighted by Gasteiger charge is 2.31. The first-order chi connectivity index (χ1) is 18.9. The number of aryl methyl sites for hydroxylation is 1. The molecule has 0 radical (unpaired) electrons. The number of hydrogen-bond acceptors (Lipinski definition) is 4. The molecule has 214 valence electrons. The molecule has 2 aliphatic rings. The molecule has 2 atom stereocenters. The van der Waals surface area contributed by atoms with Crippen LogP contribution < -0.4 is 4.74 Å². The van der Waals surface area contributed by atoms with E-state index < -0.39 is 17.7 Å². The largest absolute Gasteiger partial charge is 0.507 e. The molecule has 0 bridgehead atoms. The van der Waals surface area contributed by atoms with Crippen molar-refractivity contribution in [1.82, 2.24) is 0 Å². The molecule has 1 aliphatic carbocycles. The molecule has 1 N–H and O–H groups in total. The third-order valence-corrected chi connectivity index (χ3v) is 8.78. The van der Waals surface area contributed by atoms with Crippen LogP contribution in [0.1, 0.15) is 118 Å². The van der Waals surface area contributed by atoms with Crippen LogP contribution in [-0.2, 0) is 11.2 Å². The second-order valence-electron chi connectivity index (χ2n) is 11.4. The summed E-state index contributed by atoms with van der Waals surface area (Å²) in [4.78, 5) is 12.7. The van der Waals surface area contributed by atoms with E-state index in [2.05, 4.69) is 31.2 Å². The van der Waals surface area contributed by atoms with Crippen LogP contribution in [0.15, 0.2) is 36.4 Å². The van der Waals surface area contributed by atoms with E-state index in [1.54, 1.807) is 6.92 Å². The van der Waals surface area contributed by atoms with Crippen LogP contribution >= 0.6 is 0 Å². The summed E-state index contributed by atoms with van der Waals surface area (Å²) in [5.74, 6) is 1.36. The number of phenolic OH excluding ortho intramolecular Hbond substituents is 1. The van der Waals surface area contributed by atoms with Gasteiger partial charge in [0.25, 0.3) is 6.43 Å². The van der Waals surface area contributed by atoms with E-state index in [1.807, 2.05) is 0 Å². The molecule has 0 spiro atoms. The minimum absolute atomic E-state index is 0.0779. The van der Waals surface area contributed by atoms with Crippen molar-refractivity contribution in [2.75, 3.05) is 13.2 Å². The van der Waals surface area contributed by atoms with Gasteiger partial charge in [0.05, 0.1) is 24.9 Å². The first-order valence-corrected chi connectivity index (χ1v) is 14.9. The molecular weight excluding hydrogens is 498 g/mol. The fourth-order valence-corrected chi connectivity index (χ4v) is 6.56. The van der Waals surface area contributed by atoms with Gasteiger partial charge in [-0.05, 0) is 86.5 Å². The molecule has 4 rings (SSSR count). The number of alkyl halides is 2. The lowest BCUT2D eigenvalue weighted by Crippen LogP contribution is -2.29. The van der Waals surface area contributed by atoms with Crippen molar-refractivity contribution in [3.63, 3.8) is 0 Å². The molecule has 2 aromatic rings. The predicted octanol–water partition coefficient (Wildman–Crippen LogP) is 9.01. The van der Waals surface area contributed by atoms with Crippen molar-refractivity contribution in [3.05, 3.63) is 58.7 Å². The highest BCUT2D eigenvalue weighted by molar-refractivity contribution is 5.99. The standard InChI is InChI=1S/C33H44F2O4/c1-3-6-22-9-13-24(14-10-22)26-17-19-29(39-21-26)25-15-11-23(12-16-25)7-5-8-28(36)27-18-20-30(38-4-2)31(32(27)37)33(34)35/h11-12,15-16,18,20,22,24,26,29,33,37H,3-10,13-14,17,19,21H2,1-2H3.